The number of halogens is 1. The van der Waals surface area contributed by atoms with E-state index in [2.05, 4.69) is 25.5 Å². The zero-order valence-corrected chi connectivity index (χ0v) is 23.4. The van der Waals surface area contributed by atoms with E-state index in [1.807, 2.05) is 61.5 Å². The van der Waals surface area contributed by atoms with Gasteiger partial charge in [0.1, 0.15) is 16.9 Å². The lowest BCUT2D eigenvalue weighted by Gasteiger charge is -2.28. The van der Waals surface area contributed by atoms with Gasteiger partial charge >= 0.3 is 0 Å². The summed E-state index contributed by atoms with van der Waals surface area (Å²) in [5.74, 6) is -0.759. The first-order chi connectivity index (χ1) is 20.3. The number of rotatable bonds is 5. The normalized spacial score (nSPS) is 14.3. The summed E-state index contributed by atoms with van der Waals surface area (Å²) in [5, 5.41) is 6.49. The van der Waals surface area contributed by atoms with Crippen molar-refractivity contribution >= 4 is 46.4 Å². The lowest BCUT2D eigenvalue weighted by Crippen LogP contribution is -2.54. The van der Waals surface area contributed by atoms with Crippen molar-refractivity contribution in [2.75, 3.05) is 0 Å². The molecule has 1 aliphatic rings. The highest BCUT2D eigenvalue weighted by molar-refractivity contribution is 6.30. The summed E-state index contributed by atoms with van der Waals surface area (Å²) in [4.78, 5) is 51.7. The summed E-state index contributed by atoms with van der Waals surface area (Å²) >= 11 is 6.00. The molecule has 2 amide bonds. The maximum atomic E-state index is 13.7. The van der Waals surface area contributed by atoms with Gasteiger partial charge < -0.3 is 4.98 Å². The van der Waals surface area contributed by atoms with Crippen molar-refractivity contribution in [2.24, 2.45) is 4.99 Å². The monoisotopic (exact) mass is 577 g/mol. The summed E-state index contributed by atoms with van der Waals surface area (Å²) in [6.07, 6.45) is 1.30. The predicted molar refractivity (Wildman–Crippen MR) is 160 cm³/mol. The minimum Gasteiger partial charge on any atom is -0.309 e. The molecule has 0 saturated carbocycles. The number of para-hydroxylation sites is 1. The average molecular weight is 578 g/mol. The van der Waals surface area contributed by atoms with Gasteiger partial charge in [0.05, 0.1) is 17.8 Å². The number of amides is 2. The number of aryl methyl sites for hydroxylation is 2. The highest BCUT2D eigenvalue weighted by atomic mass is 35.5. The molecule has 6 rings (SSSR count). The fourth-order valence-electron chi connectivity index (χ4n) is 4.61. The topological polar surface area (TPSA) is 125 Å². The highest BCUT2D eigenvalue weighted by Crippen LogP contribution is 2.20. The molecule has 0 aliphatic carbocycles. The van der Waals surface area contributed by atoms with Gasteiger partial charge in [0.2, 0.25) is 0 Å². The van der Waals surface area contributed by atoms with Gasteiger partial charge in [0.15, 0.2) is 11.5 Å². The van der Waals surface area contributed by atoms with Crippen molar-refractivity contribution in [1.82, 2.24) is 30.2 Å². The smallest absolute Gasteiger partial charge is 0.288 e. The van der Waals surface area contributed by atoms with Crippen LogP contribution in [0.15, 0.2) is 94.3 Å². The molecule has 0 spiro atoms. The molecule has 0 unspecified atom stereocenters. The Hall–Kier alpha value is -5.35. The van der Waals surface area contributed by atoms with Gasteiger partial charge in [0, 0.05) is 10.6 Å². The third-order valence-corrected chi connectivity index (χ3v) is 6.95. The number of aliphatic imine (C=N–C) groups is 1. The number of hydrogen-bond acceptors (Lipinski definition) is 6. The molecule has 2 aromatic heterocycles. The highest BCUT2D eigenvalue weighted by Gasteiger charge is 2.30. The minimum absolute atomic E-state index is 0.118. The number of aromatic amines is 1. The number of carbonyl (C=O) groups excluding carboxylic acids is 2. The number of amidine groups is 1. The predicted octanol–water partition coefficient (Wildman–Crippen LogP) is 4.28. The van der Waals surface area contributed by atoms with Gasteiger partial charge in [-0.2, -0.15) is 5.10 Å². The first kappa shape index (κ1) is 26.9. The molecule has 0 saturated heterocycles. The minimum atomic E-state index is -0.566. The number of fused-ring (bicyclic) bond motifs is 1. The Bertz CT molecular complexity index is 1960. The van der Waals surface area contributed by atoms with Crippen molar-refractivity contribution in [3.8, 4) is 5.69 Å². The number of nitrogens with zero attached hydrogens (tertiary/aromatic N) is 5. The summed E-state index contributed by atoms with van der Waals surface area (Å²) in [7, 11) is 0. The molecule has 3 heterocycles. The van der Waals surface area contributed by atoms with E-state index in [0.29, 0.717) is 27.3 Å². The first-order valence-corrected chi connectivity index (χ1v) is 13.5. The number of nitrogens with one attached hydrogen (secondary N) is 2. The Morgan fingerprint density at radius 1 is 0.952 bits per heavy atom. The molecular formula is C31H24ClN7O3. The van der Waals surface area contributed by atoms with E-state index in [1.54, 1.807) is 41.9 Å². The van der Waals surface area contributed by atoms with Crippen LogP contribution in [0.2, 0.25) is 5.02 Å². The summed E-state index contributed by atoms with van der Waals surface area (Å²) in [5.41, 5.74) is 6.29. The van der Waals surface area contributed by atoms with Crippen molar-refractivity contribution in [3.05, 3.63) is 128 Å². The number of hydrazine groups is 1. The Balaban J connectivity index is 1.38. The van der Waals surface area contributed by atoms with Crippen LogP contribution in [0, 0.1) is 13.8 Å². The number of benzene rings is 3. The number of carbonyl (C=O) groups is 2. The molecule has 11 heteroatoms. The molecule has 0 fully saturated rings. The van der Waals surface area contributed by atoms with Gasteiger partial charge in [-0.05, 0) is 49.8 Å². The molecule has 0 atom stereocenters. The van der Waals surface area contributed by atoms with E-state index in [0.717, 1.165) is 21.8 Å². The Labute approximate surface area is 245 Å². The molecule has 1 aliphatic heterocycles. The van der Waals surface area contributed by atoms with Crippen LogP contribution >= 0.6 is 11.6 Å². The SMILES string of the molecule is Cc1ccc(C2=N/C(=C/c3ccc(Cl)cc3)C(=O)NN2C(=O)Cc2nc3c(c(C)nn3-c3ccccc3)c(=O)[nH]2)cc1. The van der Waals surface area contributed by atoms with Crippen LogP contribution < -0.4 is 11.0 Å². The summed E-state index contributed by atoms with van der Waals surface area (Å²) < 4.78 is 1.57. The van der Waals surface area contributed by atoms with Crippen LogP contribution in [0.4, 0.5) is 0 Å². The third-order valence-electron chi connectivity index (χ3n) is 6.70. The lowest BCUT2D eigenvalue weighted by atomic mass is 10.1. The maximum Gasteiger partial charge on any atom is 0.288 e. The van der Waals surface area contributed by atoms with Crippen LogP contribution in [-0.2, 0) is 16.0 Å². The lowest BCUT2D eigenvalue weighted by molar-refractivity contribution is -0.135. The second-order valence-electron chi connectivity index (χ2n) is 9.77. The van der Waals surface area contributed by atoms with Crippen molar-refractivity contribution < 1.29 is 9.59 Å². The second-order valence-corrected chi connectivity index (χ2v) is 10.2. The third kappa shape index (κ3) is 5.23. The van der Waals surface area contributed by atoms with Gasteiger partial charge in [-0.1, -0.05) is 71.8 Å². The number of H-pyrrole nitrogens is 1. The average Bonchev–Trinajstić information content (AvgIpc) is 3.32. The van der Waals surface area contributed by atoms with Crippen LogP contribution in [-0.4, -0.2) is 42.4 Å². The number of aromatic nitrogens is 4. The zero-order chi connectivity index (χ0) is 29.4. The summed E-state index contributed by atoms with van der Waals surface area (Å²) in [6.45, 7) is 3.68. The van der Waals surface area contributed by atoms with E-state index < -0.39 is 17.4 Å². The molecule has 208 valence electrons. The van der Waals surface area contributed by atoms with Crippen molar-refractivity contribution in [2.45, 2.75) is 20.3 Å². The van der Waals surface area contributed by atoms with Crippen LogP contribution in [0.1, 0.15) is 28.2 Å². The molecule has 0 bridgehead atoms. The fourth-order valence-corrected chi connectivity index (χ4v) is 4.73. The van der Waals surface area contributed by atoms with E-state index in [9.17, 15) is 14.4 Å². The molecule has 42 heavy (non-hydrogen) atoms. The zero-order valence-electron chi connectivity index (χ0n) is 22.6. The van der Waals surface area contributed by atoms with E-state index in [-0.39, 0.29) is 23.8 Å². The van der Waals surface area contributed by atoms with Gasteiger partial charge in [-0.25, -0.2) is 19.7 Å². The molecule has 3 aromatic carbocycles. The van der Waals surface area contributed by atoms with Crippen LogP contribution in [0.3, 0.4) is 0 Å². The van der Waals surface area contributed by atoms with E-state index in [1.165, 1.54) is 0 Å². The summed E-state index contributed by atoms with van der Waals surface area (Å²) in [6, 6.07) is 23.7. The van der Waals surface area contributed by atoms with E-state index in [4.69, 9.17) is 11.6 Å². The molecule has 0 radical (unpaired) electrons. The maximum absolute atomic E-state index is 13.7. The van der Waals surface area contributed by atoms with E-state index >= 15 is 0 Å². The largest absolute Gasteiger partial charge is 0.309 e. The van der Waals surface area contributed by atoms with Gasteiger partial charge in [-0.15, -0.1) is 0 Å². The Morgan fingerprint density at radius 3 is 2.38 bits per heavy atom. The van der Waals surface area contributed by atoms with Gasteiger partial charge in [-0.3, -0.25) is 19.8 Å². The Morgan fingerprint density at radius 2 is 1.67 bits per heavy atom. The molecule has 10 nitrogen and oxygen atoms in total. The molecule has 5 aromatic rings. The van der Waals surface area contributed by atoms with Crippen LogP contribution in [0.5, 0.6) is 0 Å². The fraction of sp³-hybridized carbons (Fsp3) is 0.0968. The van der Waals surface area contributed by atoms with Crippen molar-refractivity contribution in [3.63, 3.8) is 0 Å². The Kier molecular flexibility index (Phi) is 6.97. The quantitative estimate of drug-likeness (QED) is 0.302. The standard InChI is InChI=1S/C31H24ClN7O3/c1-18-8-12-21(13-9-18)28-33-24(16-20-10-14-22(32)15-11-20)30(41)37-39(28)26(40)17-25-34-29-27(31(42)35-25)19(2)36-38(29)23-6-4-3-5-7-23/h3-16H,17H2,1-2H3,(H,37,41)(H,34,35,42)/b24-16+. The van der Waals surface area contributed by atoms with Gasteiger partial charge in [0.25, 0.3) is 17.4 Å². The second kappa shape index (κ2) is 10.9. The van der Waals surface area contributed by atoms with Crippen LogP contribution in [0.25, 0.3) is 22.8 Å². The molecular weight excluding hydrogens is 554 g/mol. The molecule has 2 N–H and O–H groups in total. The first-order valence-electron chi connectivity index (χ1n) is 13.1. The van der Waals surface area contributed by atoms with Crippen molar-refractivity contribution in [1.29, 1.82) is 0 Å². The number of hydrogen-bond donors (Lipinski definition) is 2.